The Balaban J connectivity index is 1.97. The maximum absolute atomic E-state index is 12.0. The highest BCUT2D eigenvalue weighted by atomic mass is 16.5. The molecule has 2 rings (SSSR count). The summed E-state index contributed by atoms with van der Waals surface area (Å²) in [6.07, 6.45) is 0. The summed E-state index contributed by atoms with van der Waals surface area (Å²) < 4.78 is 9.77. The minimum absolute atomic E-state index is 0.351. The minimum atomic E-state index is -0.448. The van der Waals surface area contributed by atoms with E-state index in [-0.39, 0.29) is 6.03 Å². The summed E-state index contributed by atoms with van der Waals surface area (Å²) in [5, 5.41) is 5.51. The molecule has 2 aromatic carbocycles. The Morgan fingerprint density at radius 2 is 1.75 bits per heavy atom. The number of nitrogens with one attached hydrogen (secondary N) is 2. The number of anilines is 1. The maximum Gasteiger partial charge on any atom is 0.337 e. The van der Waals surface area contributed by atoms with Gasteiger partial charge in [0.1, 0.15) is 5.75 Å². The van der Waals surface area contributed by atoms with Gasteiger partial charge in [-0.1, -0.05) is 18.2 Å². The number of hydrogen-bond donors (Lipinski definition) is 2. The molecule has 0 aliphatic rings. The topological polar surface area (TPSA) is 76.7 Å². The van der Waals surface area contributed by atoms with E-state index < -0.39 is 5.97 Å². The largest absolute Gasteiger partial charge is 0.497 e. The summed E-state index contributed by atoms with van der Waals surface area (Å²) in [7, 11) is 2.92. The molecular weight excluding hydrogens is 308 g/mol. The van der Waals surface area contributed by atoms with Crippen molar-refractivity contribution in [2.45, 2.75) is 13.5 Å². The second-order valence-corrected chi connectivity index (χ2v) is 5.18. The molecule has 0 saturated carbocycles. The van der Waals surface area contributed by atoms with Gasteiger partial charge in [-0.15, -0.1) is 0 Å². The third-order valence-corrected chi connectivity index (χ3v) is 3.52. The highest BCUT2D eigenvalue weighted by molar-refractivity contribution is 5.94. The molecular formula is C18H20N2O4. The van der Waals surface area contributed by atoms with E-state index in [0.717, 1.165) is 16.9 Å². The fraction of sp³-hybridized carbons (Fsp3) is 0.222. The third-order valence-electron chi connectivity index (χ3n) is 3.52. The average molecular weight is 328 g/mol. The van der Waals surface area contributed by atoms with Gasteiger partial charge in [-0.05, 0) is 42.3 Å². The molecule has 0 spiro atoms. The molecule has 0 atom stereocenters. The molecule has 0 aliphatic heterocycles. The monoisotopic (exact) mass is 328 g/mol. The van der Waals surface area contributed by atoms with Gasteiger partial charge in [0.15, 0.2) is 0 Å². The Kier molecular flexibility index (Phi) is 5.78. The third kappa shape index (κ3) is 4.49. The minimum Gasteiger partial charge on any atom is -0.497 e. The number of hydrogen-bond acceptors (Lipinski definition) is 4. The van der Waals surface area contributed by atoms with Crippen molar-refractivity contribution < 1.29 is 19.1 Å². The molecule has 6 heteroatoms. The number of esters is 1. The molecule has 2 N–H and O–H groups in total. The zero-order valence-corrected chi connectivity index (χ0v) is 13.9. The van der Waals surface area contributed by atoms with Crippen molar-refractivity contribution in [1.29, 1.82) is 0 Å². The van der Waals surface area contributed by atoms with Gasteiger partial charge in [0, 0.05) is 12.2 Å². The van der Waals surface area contributed by atoms with E-state index in [1.165, 1.54) is 7.11 Å². The van der Waals surface area contributed by atoms with Crippen LogP contribution < -0.4 is 15.4 Å². The smallest absolute Gasteiger partial charge is 0.337 e. The molecule has 6 nitrogen and oxygen atoms in total. The van der Waals surface area contributed by atoms with Crippen molar-refractivity contribution >= 4 is 17.7 Å². The van der Waals surface area contributed by atoms with Gasteiger partial charge in [-0.2, -0.15) is 0 Å². The normalized spacial score (nSPS) is 9.96. The number of aryl methyl sites for hydroxylation is 1. The zero-order chi connectivity index (χ0) is 17.5. The SMILES string of the molecule is COC(=O)c1ccc(C)c(NC(=O)NCc2ccc(OC)cc2)c1. The molecule has 0 bridgehead atoms. The van der Waals surface area contributed by atoms with E-state index in [9.17, 15) is 9.59 Å². The van der Waals surface area contributed by atoms with E-state index in [1.807, 2.05) is 31.2 Å². The first kappa shape index (κ1) is 17.3. The highest BCUT2D eigenvalue weighted by Crippen LogP contribution is 2.17. The predicted molar refractivity (Wildman–Crippen MR) is 91.4 cm³/mol. The second-order valence-electron chi connectivity index (χ2n) is 5.18. The standard InChI is InChI=1S/C18H20N2O4/c1-12-4-7-14(17(21)24-3)10-16(12)20-18(22)19-11-13-5-8-15(23-2)9-6-13/h4-10H,11H2,1-3H3,(H2,19,20,22). The van der Waals surface area contributed by atoms with Crippen molar-refractivity contribution in [3.63, 3.8) is 0 Å². The van der Waals surface area contributed by atoms with Crippen molar-refractivity contribution in [2.75, 3.05) is 19.5 Å². The van der Waals surface area contributed by atoms with E-state index in [0.29, 0.717) is 17.8 Å². The average Bonchev–Trinajstić information content (AvgIpc) is 2.61. The molecule has 0 unspecified atom stereocenters. The summed E-state index contributed by atoms with van der Waals surface area (Å²) >= 11 is 0. The van der Waals surface area contributed by atoms with Crippen LogP contribution in [0.3, 0.4) is 0 Å². The maximum atomic E-state index is 12.0. The number of benzene rings is 2. The van der Waals surface area contributed by atoms with Gasteiger partial charge < -0.3 is 20.1 Å². The molecule has 0 heterocycles. The van der Waals surface area contributed by atoms with Crippen LogP contribution in [-0.4, -0.2) is 26.2 Å². The van der Waals surface area contributed by atoms with Gasteiger partial charge in [0.05, 0.1) is 19.8 Å². The lowest BCUT2D eigenvalue weighted by molar-refractivity contribution is 0.0600. The van der Waals surface area contributed by atoms with Crippen LogP contribution in [0.5, 0.6) is 5.75 Å². The van der Waals surface area contributed by atoms with E-state index in [1.54, 1.807) is 25.3 Å². The van der Waals surface area contributed by atoms with E-state index in [2.05, 4.69) is 15.4 Å². The van der Waals surface area contributed by atoms with Crippen molar-refractivity contribution in [2.24, 2.45) is 0 Å². The number of rotatable bonds is 5. The van der Waals surface area contributed by atoms with Crippen LogP contribution in [-0.2, 0) is 11.3 Å². The lowest BCUT2D eigenvalue weighted by Gasteiger charge is -2.11. The predicted octanol–water partition coefficient (Wildman–Crippen LogP) is 3.11. The van der Waals surface area contributed by atoms with Gasteiger partial charge in [-0.25, -0.2) is 9.59 Å². The first-order valence-corrected chi connectivity index (χ1v) is 7.40. The molecule has 0 radical (unpaired) electrons. The summed E-state index contributed by atoms with van der Waals surface area (Å²) in [6, 6.07) is 12.1. The number of carbonyl (C=O) groups excluding carboxylic acids is 2. The van der Waals surface area contributed by atoms with Crippen molar-refractivity contribution in [3.05, 3.63) is 59.2 Å². The summed E-state index contributed by atoms with van der Waals surface area (Å²) in [4.78, 5) is 23.6. The molecule has 2 amide bonds. The molecule has 24 heavy (non-hydrogen) atoms. The van der Waals surface area contributed by atoms with Crippen LogP contribution in [0, 0.1) is 6.92 Å². The molecule has 0 saturated heterocycles. The Morgan fingerprint density at radius 3 is 2.38 bits per heavy atom. The van der Waals surface area contributed by atoms with Gasteiger partial charge >= 0.3 is 12.0 Å². The summed E-state index contributed by atoms with van der Waals surface area (Å²) in [5.41, 5.74) is 2.74. The van der Waals surface area contributed by atoms with Crippen molar-refractivity contribution in [1.82, 2.24) is 5.32 Å². The Labute approximate surface area is 140 Å². The second kappa shape index (κ2) is 8.01. The van der Waals surface area contributed by atoms with Crippen LogP contribution in [0.4, 0.5) is 10.5 Å². The number of amides is 2. The van der Waals surface area contributed by atoms with Crippen LogP contribution in [0.25, 0.3) is 0 Å². The number of ether oxygens (including phenoxy) is 2. The van der Waals surface area contributed by atoms with E-state index >= 15 is 0 Å². The van der Waals surface area contributed by atoms with Crippen LogP contribution in [0.2, 0.25) is 0 Å². The van der Waals surface area contributed by atoms with Gasteiger partial charge in [-0.3, -0.25) is 0 Å². The molecule has 0 aromatic heterocycles. The number of methoxy groups -OCH3 is 2. The lowest BCUT2D eigenvalue weighted by atomic mass is 10.1. The first-order valence-electron chi connectivity index (χ1n) is 7.40. The van der Waals surface area contributed by atoms with Crippen LogP contribution >= 0.6 is 0 Å². The molecule has 126 valence electrons. The quantitative estimate of drug-likeness (QED) is 0.827. The van der Waals surface area contributed by atoms with Gasteiger partial charge in [0.2, 0.25) is 0 Å². The van der Waals surface area contributed by atoms with Crippen molar-refractivity contribution in [3.8, 4) is 5.75 Å². The Morgan fingerprint density at radius 1 is 1.04 bits per heavy atom. The molecule has 2 aromatic rings. The molecule has 0 aliphatic carbocycles. The fourth-order valence-electron chi connectivity index (χ4n) is 2.09. The Bertz CT molecular complexity index is 726. The summed E-state index contributed by atoms with van der Waals surface area (Å²) in [6.45, 7) is 2.23. The number of urea groups is 1. The lowest BCUT2D eigenvalue weighted by Crippen LogP contribution is -2.28. The Hall–Kier alpha value is -3.02. The fourth-order valence-corrected chi connectivity index (χ4v) is 2.09. The van der Waals surface area contributed by atoms with Crippen LogP contribution in [0.15, 0.2) is 42.5 Å². The zero-order valence-electron chi connectivity index (χ0n) is 13.9. The first-order chi connectivity index (χ1) is 11.5. The van der Waals surface area contributed by atoms with Crippen LogP contribution in [0.1, 0.15) is 21.5 Å². The highest BCUT2D eigenvalue weighted by Gasteiger charge is 2.10. The van der Waals surface area contributed by atoms with Gasteiger partial charge in [0.25, 0.3) is 0 Å². The van der Waals surface area contributed by atoms with E-state index in [4.69, 9.17) is 4.74 Å². The molecule has 0 fully saturated rings. The number of carbonyl (C=O) groups is 2. The summed E-state index contributed by atoms with van der Waals surface area (Å²) in [5.74, 6) is 0.315.